The summed E-state index contributed by atoms with van der Waals surface area (Å²) in [6.07, 6.45) is -1.19. The number of halogens is 1. The summed E-state index contributed by atoms with van der Waals surface area (Å²) in [7, 11) is -0.379. The zero-order chi connectivity index (χ0) is 22.5. The van der Waals surface area contributed by atoms with Crippen LogP contribution in [0.1, 0.15) is 19.3 Å². The van der Waals surface area contributed by atoms with Gasteiger partial charge in [0.25, 0.3) is 0 Å². The van der Waals surface area contributed by atoms with Crippen LogP contribution in [0.5, 0.6) is 0 Å². The first-order valence-electron chi connectivity index (χ1n) is 9.28. The van der Waals surface area contributed by atoms with Crippen LogP contribution in [0.4, 0.5) is 10.1 Å². The molecule has 0 bridgehead atoms. The second-order valence-corrected chi connectivity index (χ2v) is 8.89. The Kier molecular flexibility index (Phi) is 7.38. The van der Waals surface area contributed by atoms with Crippen molar-refractivity contribution in [1.29, 1.82) is 0 Å². The van der Waals surface area contributed by atoms with Crippen molar-refractivity contribution in [2.45, 2.75) is 24.2 Å². The highest BCUT2D eigenvalue weighted by Crippen LogP contribution is 2.31. The molecule has 0 radical (unpaired) electrons. The van der Waals surface area contributed by atoms with E-state index in [0.29, 0.717) is 5.39 Å². The summed E-state index contributed by atoms with van der Waals surface area (Å²) in [4.78, 5) is 25.0. The lowest BCUT2D eigenvalue weighted by atomic mass is 9.80. The van der Waals surface area contributed by atoms with Gasteiger partial charge in [0.15, 0.2) is 5.41 Å². The number of nitrogens with zero attached hydrogens (tertiary/aromatic N) is 1. The molecule has 0 aliphatic heterocycles. The number of nitrogens with one attached hydrogen (secondary N) is 1. The van der Waals surface area contributed by atoms with Gasteiger partial charge in [-0.05, 0) is 31.4 Å². The second kappa shape index (κ2) is 9.40. The highest BCUT2D eigenvalue weighted by molar-refractivity contribution is 7.89. The van der Waals surface area contributed by atoms with Gasteiger partial charge in [-0.3, -0.25) is 14.0 Å². The third-order valence-electron chi connectivity index (χ3n) is 5.03. The van der Waals surface area contributed by atoms with E-state index in [1.807, 2.05) is 25.1 Å². The Bertz CT molecular complexity index is 1020. The van der Waals surface area contributed by atoms with E-state index in [9.17, 15) is 32.6 Å². The van der Waals surface area contributed by atoms with Crippen molar-refractivity contribution < 1.29 is 32.6 Å². The lowest BCUT2D eigenvalue weighted by Crippen LogP contribution is -2.42. The molecule has 0 saturated carbocycles. The number of alkyl halides is 1. The van der Waals surface area contributed by atoms with Gasteiger partial charge < -0.3 is 15.1 Å². The quantitative estimate of drug-likeness (QED) is 0.459. The fourth-order valence-corrected chi connectivity index (χ4v) is 4.63. The predicted octanol–water partition coefficient (Wildman–Crippen LogP) is 2.48. The number of rotatable bonds is 11. The number of sulfonamides is 1. The number of benzene rings is 2. The number of aliphatic carboxylic acids is 2. The predicted molar refractivity (Wildman–Crippen MR) is 111 cm³/mol. The monoisotopic (exact) mass is 440 g/mol. The van der Waals surface area contributed by atoms with Crippen LogP contribution in [0.25, 0.3) is 10.8 Å². The Morgan fingerprint density at radius 2 is 1.63 bits per heavy atom. The first-order chi connectivity index (χ1) is 14.1. The van der Waals surface area contributed by atoms with Crippen molar-refractivity contribution in [1.82, 2.24) is 4.72 Å². The number of hydrogen-bond donors (Lipinski definition) is 3. The molecule has 3 N–H and O–H groups in total. The molecule has 0 heterocycles. The first-order valence-corrected chi connectivity index (χ1v) is 10.8. The zero-order valence-electron chi connectivity index (χ0n) is 16.8. The molecule has 2 aromatic rings. The molecule has 164 valence electrons. The van der Waals surface area contributed by atoms with Gasteiger partial charge in [0.05, 0.1) is 11.6 Å². The summed E-state index contributed by atoms with van der Waals surface area (Å²) in [6.45, 7) is -1.28. The standard InChI is InChI=1S/C20H25FN2O6S/c1-23(2)16-8-3-7-15-14(16)6-4-9-17(15)30(28,29)22-13-11-20(18(24)25,19(26)27)10-5-12-21/h3-4,6-9,22H,5,10-13H2,1-2H3,(H,24,25)(H,26,27). The van der Waals surface area contributed by atoms with Crippen molar-refractivity contribution in [2.75, 3.05) is 32.2 Å². The molecule has 0 aliphatic rings. The van der Waals surface area contributed by atoms with Crippen molar-refractivity contribution in [2.24, 2.45) is 5.41 Å². The Balaban J connectivity index is 2.32. The minimum absolute atomic E-state index is 0.00343. The van der Waals surface area contributed by atoms with Gasteiger partial charge in [0.1, 0.15) is 0 Å². The van der Waals surface area contributed by atoms with Crippen LogP contribution in [-0.2, 0) is 19.6 Å². The fraction of sp³-hybridized carbons (Fsp3) is 0.400. The van der Waals surface area contributed by atoms with Crippen LogP contribution in [0.3, 0.4) is 0 Å². The minimum Gasteiger partial charge on any atom is -0.480 e. The van der Waals surface area contributed by atoms with E-state index in [1.165, 1.54) is 6.07 Å². The van der Waals surface area contributed by atoms with Crippen LogP contribution >= 0.6 is 0 Å². The lowest BCUT2D eigenvalue weighted by molar-refractivity contribution is -0.165. The smallest absolute Gasteiger partial charge is 0.321 e. The van der Waals surface area contributed by atoms with E-state index < -0.39 is 53.4 Å². The molecular formula is C20H25FN2O6S. The average Bonchev–Trinajstić information content (AvgIpc) is 2.68. The van der Waals surface area contributed by atoms with Crippen molar-refractivity contribution in [3.05, 3.63) is 36.4 Å². The average molecular weight is 440 g/mol. The summed E-state index contributed by atoms with van der Waals surface area (Å²) in [5.74, 6) is -3.24. The van der Waals surface area contributed by atoms with Crippen LogP contribution in [0.15, 0.2) is 41.3 Å². The molecule has 8 nitrogen and oxygen atoms in total. The van der Waals surface area contributed by atoms with E-state index in [1.54, 1.807) is 24.3 Å². The molecule has 0 amide bonds. The van der Waals surface area contributed by atoms with Crippen molar-refractivity contribution >= 4 is 38.4 Å². The fourth-order valence-electron chi connectivity index (χ4n) is 3.38. The Morgan fingerprint density at radius 1 is 1.03 bits per heavy atom. The molecule has 0 saturated heterocycles. The molecule has 2 rings (SSSR count). The summed E-state index contributed by atoms with van der Waals surface area (Å²) in [5, 5.41) is 20.0. The van der Waals surface area contributed by atoms with Gasteiger partial charge in [-0.1, -0.05) is 24.3 Å². The lowest BCUT2D eigenvalue weighted by Gasteiger charge is -2.24. The van der Waals surface area contributed by atoms with E-state index in [0.717, 1.165) is 11.1 Å². The number of fused-ring (bicyclic) bond motifs is 1. The Morgan fingerprint density at radius 3 is 2.20 bits per heavy atom. The van der Waals surface area contributed by atoms with Crippen molar-refractivity contribution in [3.63, 3.8) is 0 Å². The molecule has 0 atom stereocenters. The van der Waals surface area contributed by atoms with E-state index >= 15 is 0 Å². The maximum absolute atomic E-state index is 12.9. The van der Waals surface area contributed by atoms with E-state index in [-0.39, 0.29) is 11.3 Å². The normalized spacial score (nSPS) is 12.1. The topological polar surface area (TPSA) is 124 Å². The van der Waals surface area contributed by atoms with E-state index in [4.69, 9.17) is 0 Å². The SMILES string of the molecule is CN(C)c1cccc2c(S(=O)(=O)NCCC(CCCF)(C(=O)O)C(=O)O)cccc12. The molecule has 0 aromatic heterocycles. The van der Waals surface area contributed by atoms with Gasteiger partial charge in [0.2, 0.25) is 10.0 Å². The number of carboxylic acid groups (broad SMARTS) is 2. The molecular weight excluding hydrogens is 415 g/mol. The third-order valence-corrected chi connectivity index (χ3v) is 6.55. The maximum Gasteiger partial charge on any atom is 0.321 e. The first kappa shape index (κ1) is 23.6. The number of carbonyl (C=O) groups is 2. The highest BCUT2D eigenvalue weighted by atomic mass is 32.2. The van der Waals surface area contributed by atoms with Gasteiger partial charge >= 0.3 is 11.9 Å². The summed E-state index contributed by atoms with van der Waals surface area (Å²) in [6, 6.07) is 10.1. The molecule has 10 heteroatoms. The highest BCUT2D eigenvalue weighted by Gasteiger charge is 2.45. The van der Waals surface area contributed by atoms with Gasteiger partial charge in [-0.2, -0.15) is 0 Å². The van der Waals surface area contributed by atoms with Crippen LogP contribution in [-0.4, -0.2) is 57.9 Å². The van der Waals surface area contributed by atoms with Gasteiger partial charge in [-0.15, -0.1) is 0 Å². The molecule has 0 unspecified atom stereocenters. The van der Waals surface area contributed by atoms with Crippen molar-refractivity contribution in [3.8, 4) is 0 Å². The number of anilines is 1. The van der Waals surface area contributed by atoms with Gasteiger partial charge in [-0.25, -0.2) is 13.1 Å². The minimum atomic E-state index is -4.05. The van der Waals surface area contributed by atoms with Crippen LogP contribution < -0.4 is 9.62 Å². The number of hydrogen-bond acceptors (Lipinski definition) is 5. The summed E-state index contributed by atoms with van der Waals surface area (Å²) in [5.41, 5.74) is -1.43. The Labute approximate surface area is 174 Å². The van der Waals surface area contributed by atoms with Crippen LogP contribution in [0.2, 0.25) is 0 Å². The summed E-state index contributed by atoms with van der Waals surface area (Å²) < 4.78 is 40.6. The second-order valence-electron chi connectivity index (χ2n) is 7.16. The van der Waals surface area contributed by atoms with Crippen LogP contribution in [0, 0.1) is 5.41 Å². The molecule has 0 fully saturated rings. The molecule has 2 aromatic carbocycles. The van der Waals surface area contributed by atoms with E-state index in [2.05, 4.69) is 4.72 Å². The zero-order valence-corrected chi connectivity index (χ0v) is 17.6. The maximum atomic E-state index is 12.9. The molecule has 0 aliphatic carbocycles. The Hall–Kier alpha value is -2.72. The largest absolute Gasteiger partial charge is 0.480 e. The molecule has 30 heavy (non-hydrogen) atoms. The summed E-state index contributed by atoms with van der Waals surface area (Å²) >= 11 is 0. The molecule has 0 spiro atoms. The third kappa shape index (κ3) is 4.71. The number of carboxylic acids is 2. The van der Waals surface area contributed by atoms with Gasteiger partial charge in [0, 0.05) is 37.1 Å².